The summed E-state index contributed by atoms with van der Waals surface area (Å²) in [4.78, 5) is 4.29. The Hall–Kier alpha value is -1.55. The number of phenols is 1. The Balaban J connectivity index is 2.17. The minimum atomic E-state index is 0.0224. The maximum Gasteiger partial charge on any atom is 0.198 e. The summed E-state index contributed by atoms with van der Waals surface area (Å²) in [5.41, 5.74) is 6.44. The van der Waals surface area contributed by atoms with Crippen LogP contribution in [0.2, 0.25) is 0 Å². The molecule has 1 atom stereocenters. The third-order valence-electron chi connectivity index (χ3n) is 2.16. The maximum atomic E-state index is 9.11. The van der Waals surface area contributed by atoms with E-state index in [9.17, 15) is 0 Å². The quantitative estimate of drug-likeness (QED) is 0.729. The zero-order valence-electron chi connectivity index (χ0n) is 7.68. The molecule has 0 spiro atoms. The molecule has 0 radical (unpaired) electrons. The van der Waals surface area contributed by atoms with Crippen molar-refractivity contribution in [1.82, 2.24) is 0 Å². The van der Waals surface area contributed by atoms with Gasteiger partial charge in [0, 0.05) is 0 Å². The van der Waals surface area contributed by atoms with Crippen LogP contribution in [0.25, 0.3) is 0 Å². The minimum Gasteiger partial charge on any atom is -0.508 e. The van der Waals surface area contributed by atoms with Crippen molar-refractivity contribution in [2.45, 2.75) is 6.04 Å². The first-order valence-corrected chi connectivity index (χ1v) is 4.48. The predicted octanol–water partition coefficient (Wildman–Crippen LogP) is 0.821. The van der Waals surface area contributed by atoms with E-state index in [1.165, 1.54) is 0 Å². The van der Waals surface area contributed by atoms with E-state index in [1.54, 1.807) is 12.1 Å². The van der Waals surface area contributed by atoms with Crippen LogP contribution in [0.1, 0.15) is 11.6 Å². The Morgan fingerprint density at radius 1 is 1.43 bits per heavy atom. The van der Waals surface area contributed by atoms with Crippen molar-refractivity contribution in [1.29, 1.82) is 0 Å². The second-order valence-corrected chi connectivity index (χ2v) is 3.15. The van der Waals surface area contributed by atoms with Gasteiger partial charge in [-0.3, -0.25) is 0 Å². The number of nitrogens with two attached hydrogens (primary N) is 1. The average molecular weight is 192 g/mol. The van der Waals surface area contributed by atoms with Crippen LogP contribution in [0.5, 0.6) is 5.75 Å². The zero-order chi connectivity index (χ0) is 9.97. The molecule has 0 aliphatic carbocycles. The molecule has 2 rings (SSSR count). The second kappa shape index (κ2) is 3.67. The predicted molar refractivity (Wildman–Crippen MR) is 53.3 cm³/mol. The van der Waals surface area contributed by atoms with Gasteiger partial charge >= 0.3 is 0 Å². The number of hydrogen-bond donors (Lipinski definition) is 2. The van der Waals surface area contributed by atoms with Crippen LogP contribution < -0.4 is 5.73 Å². The average Bonchev–Trinajstić information content (AvgIpc) is 2.67. The molecule has 0 saturated heterocycles. The number of ether oxygens (including phenoxy) is 1. The summed E-state index contributed by atoms with van der Waals surface area (Å²) in [7, 11) is 0. The molecule has 0 bridgehead atoms. The number of aliphatic imine (C=N–C) groups is 1. The maximum absolute atomic E-state index is 9.11. The van der Waals surface area contributed by atoms with Crippen molar-refractivity contribution in [2.24, 2.45) is 10.7 Å². The summed E-state index contributed by atoms with van der Waals surface area (Å²) in [6.45, 7) is 0.881. The van der Waals surface area contributed by atoms with Crippen LogP contribution in [-0.2, 0) is 4.74 Å². The fourth-order valence-corrected chi connectivity index (χ4v) is 1.40. The summed E-state index contributed by atoms with van der Waals surface area (Å²) >= 11 is 0. The van der Waals surface area contributed by atoms with Crippen LogP contribution in [0.3, 0.4) is 0 Å². The van der Waals surface area contributed by atoms with Crippen molar-refractivity contribution in [3.8, 4) is 5.75 Å². The highest BCUT2D eigenvalue weighted by molar-refractivity contribution is 5.79. The molecule has 1 unspecified atom stereocenters. The smallest absolute Gasteiger partial charge is 0.198 e. The van der Waals surface area contributed by atoms with Gasteiger partial charge in [-0.1, -0.05) is 12.1 Å². The number of phenolic OH excluding ortho intramolecular Hbond substituents is 1. The number of hydrogen-bond acceptors (Lipinski definition) is 4. The monoisotopic (exact) mass is 192 g/mol. The van der Waals surface area contributed by atoms with E-state index in [0.29, 0.717) is 19.0 Å². The Morgan fingerprint density at radius 3 is 2.71 bits per heavy atom. The van der Waals surface area contributed by atoms with Gasteiger partial charge < -0.3 is 15.6 Å². The molecular formula is C10H12N2O2. The van der Waals surface area contributed by atoms with Crippen molar-refractivity contribution in [3.63, 3.8) is 0 Å². The fraction of sp³-hybridized carbons (Fsp3) is 0.300. The molecule has 0 saturated carbocycles. The van der Waals surface area contributed by atoms with Crippen LogP contribution in [0.15, 0.2) is 29.3 Å². The Morgan fingerprint density at radius 2 is 2.14 bits per heavy atom. The van der Waals surface area contributed by atoms with Crippen molar-refractivity contribution in [3.05, 3.63) is 29.8 Å². The first-order chi connectivity index (χ1) is 6.79. The van der Waals surface area contributed by atoms with Crippen LogP contribution in [-0.4, -0.2) is 24.2 Å². The van der Waals surface area contributed by atoms with Gasteiger partial charge in [0.2, 0.25) is 0 Å². The number of aromatic hydroxyl groups is 1. The zero-order valence-corrected chi connectivity index (χ0v) is 7.68. The van der Waals surface area contributed by atoms with E-state index in [4.69, 9.17) is 15.6 Å². The third kappa shape index (κ3) is 1.70. The first kappa shape index (κ1) is 9.02. The molecule has 1 aliphatic rings. The highest BCUT2D eigenvalue weighted by Gasteiger charge is 2.19. The van der Waals surface area contributed by atoms with Gasteiger partial charge in [-0.15, -0.1) is 0 Å². The lowest BCUT2D eigenvalue weighted by Crippen LogP contribution is -2.13. The van der Waals surface area contributed by atoms with Gasteiger partial charge in [0.05, 0.1) is 6.54 Å². The molecule has 0 fully saturated rings. The van der Waals surface area contributed by atoms with Gasteiger partial charge in [-0.05, 0) is 17.7 Å². The molecule has 4 heteroatoms. The number of nitrogens with zero attached hydrogens (tertiary/aromatic N) is 1. The molecule has 0 amide bonds. The van der Waals surface area contributed by atoms with E-state index in [1.807, 2.05) is 12.1 Å². The third-order valence-corrected chi connectivity index (χ3v) is 2.16. The molecule has 74 valence electrons. The Bertz CT molecular complexity index is 346. The molecule has 14 heavy (non-hydrogen) atoms. The Kier molecular flexibility index (Phi) is 2.37. The second-order valence-electron chi connectivity index (χ2n) is 3.15. The first-order valence-electron chi connectivity index (χ1n) is 4.48. The normalized spacial score (nSPS) is 20.4. The van der Waals surface area contributed by atoms with E-state index in [0.717, 1.165) is 5.56 Å². The molecule has 1 aliphatic heterocycles. The molecule has 3 N–H and O–H groups in total. The number of rotatable bonds is 2. The molecular weight excluding hydrogens is 180 g/mol. The van der Waals surface area contributed by atoms with E-state index >= 15 is 0 Å². The lowest BCUT2D eigenvalue weighted by molar-refractivity contribution is 0.315. The molecule has 0 aromatic heterocycles. The molecule has 1 heterocycles. The van der Waals surface area contributed by atoms with Gasteiger partial charge in [0.25, 0.3) is 0 Å². The topological polar surface area (TPSA) is 67.8 Å². The van der Waals surface area contributed by atoms with Gasteiger partial charge in [-0.2, -0.15) is 0 Å². The summed E-state index contributed by atoms with van der Waals surface area (Å²) in [6, 6.07) is 6.99. The highest BCUT2D eigenvalue weighted by Crippen LogP contribution is 2.24. The standard InChI is InChI=1S/C10H12N2O2/c11-5-10-12-9(6-14-10)7-1-3-8(13)4-2-7/h1-4,9,13H,5-6,11H2. The van der Waals surface area contributed by atoms with E-state index in [2.05, 4.69) is 4.99 Å². The van der Waals surface area contributed by atoms with Gasteiger partial charge in [0.15, 0.2) is 5.90 Å². The van der Waals surface area contributed by atoms with Crippen molar-refractivity contribution < 1.29 is 9.84 Å². The van der Waals surface area contributed by atoms with E-state index in [-0.39, 0.29) is 11.8 Å². The van der Waals surface area contributed by atoms with E-state index < -0.39 is 0 Å². The minimum absolute atomic E-state index is 0.0224. The van der Waals surface area contributed by atoms with Crippen LogP contribution in [0, 0.1) is 0 Å². The van der Waals surface area contributed by atoms with Crippen molar-refractivity contribution in [2.75, 3.05) is 13.2 Å². The highest BCUT2D eigenvalue weighted by atomic mass is 16.5. The van der Waals surface area contributed by atoms with Gasteiger partial charge in [-0.25, -0.2) is 4.99 Å². The molecule has 1 aromatic carbocycles. The summed E-state index contributed by atoms with van der Waals surface area (Å²) < 4.78 is 5.26. The van der Waals surface area contributed by atoms with Crippen LogP contribution >= 0.6 is 0 Å². The largest absolute Gasteiger partial charge is 0.508 e. The Labute approximate surface area is 82.0 Å². The SMILES string of the molecule is NCC1=NC(c2ccc(O)cc2)CO1. The lowest BCUT2D eigenvalue weighted by Gasteiger charge is -2.04. The van der Waals surface area contributed by atoms with Gasteiger partial charge in [0.1, 0.15) is 18.4 Å². The summed E-state index contributed by atoms with van der Waals surface area (Å²) in [6.07, 6.45) is 0. The van der Waals surface area contributed by atoms with Crippen molar-refractivity contribution >= 4 is 5.90 Å². The summed E-state index contributed by atoms with van der Waals surface area (Å²) in [5, 5.41) is 9.11. The number of benzene rings is 1. The fourth-order valence-electron chi connectivity index (χ4n) is 1.40. The van der Waals surface area contributed by atoms with Crippen LogP contribution in [0.4, 0.5) is 0 Å². The molecule has 1 aromatic rings. The molecule has 4 nitrogen and oxygen atoms in total. The summed E-state index contributed by atoms with van der Waals surface area (Å²) in [5.74, 6) is 0.860. The lowest BCUT2D eigenvalue weighted by atomic mass is 10.1.